The average molecular weight is 429 g/mol. The monoisotopic (exact) mass is 429 g/mol. The fraction of sp³-hybridized carbons (Fsp3) is 0.350. The topological polar surface area (TPSA) is 63.2 Å². The molecule has 0 aliphatic heterocycles. The van der Waals surface area contributed by atoms with E-state index in [0.29, 0.717) is 0 Å². The quantitative estimate of drug-likeness (QED) is 0.709. The molecule has 0 radical (unpaired) electrons. The number of hydrogen-bond acceptors (Lipinski definition) is 3. The maximum Gasteiger partial charge on any atom is 0.412 e. The van der Waals surface area contributed by atoms with Crippen LogP contribution in [0.4, 0.5) is 17.6 Å². The number of alkyl halides is 3. The van der Waals surface area contributed by atoms with E-state index in [1.807, 2.05) is 5.32 Å². The molecule has 0 saturated carbocycles. The van der Waals surface area contributed by atoms with Crippen LogP contribution in [0.1, 0.15) is 35.6 Å². The second-order valence-electron chi connectivity index (χ2n) is 6.95. The van der Waals surface area contributed by atoms with Gasteiger partial charge in [0.2, 0.25) is 5.91 Å². The molecular formula is C20H19F4NO3S. The minimum Gasteiger partial charge on any atom is -0.341 e. The van der Waals surface area contributed by atoms with E-state index in [2.05, 4.69) is 0 Å². The molecule has 0 aromatic heterocycles. The lowest BCUT2D eigenvalue weighted by atomic mass is 10.1. The highest BCUT2D eigenvalue weighted by molar-refractivity contribution is 7.91. The Bertz CT molecular complexity index is 1000. The molecule has 1 aliphatic carbocycles. The van der Waals surface area contributed by atoms with Crippen LogP contribution in [0.5, 0.6) is 0 Å². The van der Waals surface area contributed by atoms with Gasteiger partial charge in [-0.2, -0.15) is 13.2 Å². The van der Waals surface area contributed by atoms with Crippen molar-refractivity contribution in [3.8, 4) is 0 Å². The minimum atomic E-state index is -4.81. The maximum atomic E-state index is 13.3. The summed E-state index contributed by atoms with van der Waals surface area (Å²) in [5.74, 6) is -2.37. The standard InChI is InChI=1S/C20H19F4NO3S/c21-16-7-4-14(5-8-16)19(20(22,23)24)25-18(26)10-11-29(27,28)17-9-6-13-2-1-3-15(13)12-17/h4-9,12,19H,1-3,10-11H2,(H,25,26). The molecule has 1 unspecified atom stereocenters. The van der Waals surface area contributed by atoms with Crippen LogP contribution in [0.3, 0.4) is 0 Å². The van der Waals surface area contributed by atoms with Crippen LogP contribution in [0.25, 0.3) is 0 Å². The molecule has 1 atom stereocenters. The molecule has 0 fully saturated rings. The molecule has 0 spiro atoms. The summed E-state index contributed by atoms with van der Waals surface area (Å²) < 4.78 is 77.9. The molecule has 1 N–H and O–H groups in total. The fourth-order valence-corrected chi connectivity index (χ4v) is 4.62. The molecule has 0 heterocycles. The Hall–Kier alpha value is -2.42. The Morgan fingerprint density at radius 2 is 1.69 bits per heavy atom. The van der Waals surface area contributed by atoms with Gasteiger partial charge in [0.1, 0.15) is 5.82 Å². The largest absolute Gasteiger partial charge is 0.412 e. The molecule has 0 saturated heterocycles. The summed E-state index contributed by atoms with van der Waals surface area (Å²) >= 11 is 0. The third-order valence-corrected chi connectivity index (χ3v) is 6.58. The molecule has 2 aromatic carbocycles. The summed E-state index contributed by atoms with van der Waals surface area (Å²) in [5.41, 5.74) is 1.70. The first-order valence-electron chi connectivity index (χ1n) is 9.02. The highest BCUT2D eigenvalue weighted by Gasteiger charge is 2.41. The van der Waals surface area contributed by atoms with Crippen molar-refractivity contribution in [2.75, 3.05) is 5.75 Å². The van der Waals surface area contributed by atoms with E-state index in [-0.39, 0.29) is 10.5 Å². The number of fused-ring (bicyclic) bond motifs is 1. The summed E-state index contributed by atoms with van der Waals surface area (Å²) in [7, 11) is -3.81. The van der Waals surface area contributed by atoms with Crippen molar-refractivity contribution < 1.29 is 30.8 Å². The number of aryl methyl sites for hydroxylation is 2. The Morgan fingerprint density at radius 1 is 1.03 bits per heavy atom. The number of benzene rings is 2. The third-order valence-electron chi connectivity index (χ3n) is 4.86. The van der Waals surface area contributed by atoms with Crippen LogP contribution in [0.2, 0.25) is 0 Å². The lowest BCUT2D eigenvalue weighted by Crippen LogP contribution is -2.38. The molecule has 1 aliphatic rings. The maximum absolute atomic E-state index is 13.3. The number of carbonyl (C=O) groups is 1. The Balaban J connectivity index is 1.68. The van der Waals surface area contributed by atoms with Crippen molar-refractivity contribution in [2.45, 2.75) is 42.8 Å². The summed E-state index contributed by atoms with van der Waals surface area (Å²) in [6.45, 7) is 0. The number of nitrogens with one attached hydrogen (secondary N) is 1. The van der Waals surface area contributed by atoms with Gasteiger partial charge < -0.3 is 5.32 Å². The normalized spacial score (nSPS) is 15.0. The molecule has 3 rings (SSSR count). The summed E-state index contributed by atoms with van der Waals surface area (Å²) in [6, 6.07) is 6.00. The minimum absolute atomic E-state index is 0.0665. The smallest absolute Gasteiger partial charge is 0.341 e. The Morgan fingerprint density at radius 3 is 2.34 bits per heavy atom. The lowest BCUT2D eigenvalue weighted by molar-refractivity contribution is -0.163. The van der Waals surface area contributed by atoms with E-state index in [0.717, 1.165) is 54.7 Å². The predicted molar refractivity (Wildman–Crippen MR) is 98.5 cm³/mol. The summed E-state index contributed by atoms with van der Waals surface area (Å²) in [5, 5.41) is 1.81. The van der Waals surface area contributed by atoms with Crippen LogP contribution >= 0.6 is 0 Å². The first-order valence-corrected chi connectivity index (χ1v) is 10.7. The number of sulfone groups is 1. The number of halogens is 4. The van der Waals surface area contributed by atoms with Crippen LogP contribution in [0, 0.1) is 5.82 Å². The summed E-state index contributed by atoms with van der Waals surface area (Å²) in [4.78, 5) is 12.1. The second-order valence-corrected chi connectivity index (χ2v) is 9.06. The predicted octanol–water partition coefficient (Wildman–Crippen LogP) is 3.90. The first kappa shape index (κ1) is 21.3. The van der Waals surface area contributed by atoms with Crippen molar-refractivity contribution in [1.82, 2.24) is 5.32 Å². The first-order chi connectivity index (χ1) is 13.6. The van der Waals surface area contributed by atoms with E-state index in [1.54, 1.807) is 12.1 Å². The molecule has 1 amide bonds. The zero-order chi connectivity index (χ0) is 21.2. The van der Waals surface area contributed by atoms with E-state index in [1.165, 1.54) is 6.07 Å². The van der Waals surface area contributed by atoms with Crippen molar-refractivity contribution in [2.24, 2.45) is 0 Å². The van der Waals surface area contributed by atoms with Crippen molar-refractivity contribution in [1.29, 1.82) is 0 Å². The van der Waals surface area contributed by atoms with E-state index in [4.69, 9.17) is 0 Å². The number of amides is 1. The van der Waals surface area contributed by atoms with Gasteiger partial charge in [-0.25, -0.2) is 12.8 Å². The number of hydrogen-bond donors (Lipinski definition) is 1. The molecule has 2 aromatic rings. The fourth-order valence-electron chi connectivity index (χ4n) is 3.33. The van der Waals surface area contributed by atoms with E-state index >= 15 is 0 Å². The van der Waals surface area contributed by atoms with Crippen molar-refractivity contribution in [3.63, 3.8) is 0 Å². The van der Waals surface area contributed by atoms with Crippen LogP contribution in [-0.4, -0.2) is 26.3 Å². The molecule has 156 valence electrons. The van der Waals surface area contributed by atoms with Gasteiger partial charge in [0.05, 0.1) is 10.6 Å². The highest BCUT2D eigenvalue weighted by atomic mass is 32.2. The van der Waals surface area contributed by atoms with Gasteiger partial charge in [-0.05, 0) is 60.2 Å². The van der Waals surface area contributed by atoms with E-state index < -0.39 is 46.0 Å². The Kier molecular flexibility index (Phi) is 5.97. The SMILES string of the molecule is O=C(CCS(=O)(=O)c1ccc2c(c1)CCC2)NC(c1ccc(F)cc1)C(F)(F)F. The van der Waals surface area contributed by atoms with E-state index in [9.17, 15) is 30.8 Å². The number of rotatable bonds is 6. The van der Waals surface area contributed by atoms with Crippen molar-refractivity contribution in [3.05, 3.63) is 65.0 Å². The van der Waals surface area contributed by atoms with Gasteiger partial charge in [0.25, 0.3) is 0 Å². The zero-order valence-electron chi connectivity index (χ0n) is 15.3. The third kappa shape index (κ3) is 5.14. The highest BCUT2D eigenvalue weighted by Crippen LogP contribution is 2.33. The van der Waals surface area contributed by atoms with Crippen LogP contribution in [-0.2, 0) is 27.5 Å². The average Bonchev–Trinajstić information content (AvgIpc) is 3.12. The molecular weight excluding hydrogens is 410 g/mol. The second kappa shape index (κ2) is 8.14. The number of carbonyl (C=O) groups excluding carboxylic acids is 1. The van der Waals surface area contributed by atoms with Gasteiger partial charge >= 0.3 is 6.18 Å². The van der Waals surface area contributed by atoms with Crippen LogP contribution < -0.4 is 5.32 Å². The van der Waals surface area contributed by atoms with Gasteiger partial charge in [0.15, 0.2) is 15.9 Å². The Labute approximate surface area is 165 Å². The summed E-state index contributed by atoms with van der Waals surface area (Å²) in [6.07, 6.45) is -2.81. The van der Waals surface area contributed by atoms with Gasteiger partial charge in [-0.1, -0.05) is 18.2 Å². The molecule has 29 heavy (non-hydrogen) atoms. The lowest BCUT2D eigenvalue weighted by Gasteiger charge is -2.22. The molecule has 4 nitrogen and oxygen atoms in total. The molecule has 9 heteroatoms. The zero-order valence-corrected chi connectivity index (χ0v) is 16.1. The van der Waals surface area contributed by atoms with Gasteiger partial charge in [-0.15, -0.1) is 0 Å². The van der Waals surface area contributed by atoms with Gasteiger partial charge in [0, 0.05) is 6.42 Å². The van der Waals surface area contributed by atoms with Crippen LogP contribution in [0.15, 0.2) is 47.4 Å². The molecule has 0 bridgehead atoms. The van der Waals surface area contributed by atoms with Gasteiger partial charge in [-0.3, -0.25) is 4.79 Å². The van der Waals surface area contributed by atoms with Crippen molar-refractivity contribution >= 4 is 15.7 Å².